The van der Waals surface area contributed by atoms with Crippen molar-refractivity contribution in [2.45, 2.75) is 11.8 Å². The van der Waals surface area contributed by atoms with Gasteiger partial charge in [-0.1, -0.05) is 6.07 Å². The first kappa shape index (κ1) is 15.0. The molecule has 1 aliphatic heterocycles. The van der Waals surface area contributed by atoms with Crippen molar-refractivity contribution >= 4 is 17.7 Å². The third-order valence-electron chi connectivity index (χ3n) is 3.24. The first-order valence-electron chi connectivity index (χ1n) is 6.45. The Morgan fingerprint density at radius 2 is 2.00 bits per heavy atom. The third kappa shape index (κ3) is 2.86. The second-order valence-electron chi connectivity index (χ2n) is 4.40. The summed E-state index contributed by atoms with van der Waals surface area (Å²) in [5, 5.41) is 8.85. The lowest BCUT2D eigenvalue weighted by Crippen LogP contribution is -2.30. The quantitative estimate of drug-likeness (QED) is 0.865. The fourth-order valence-corrected chi connectivity index (χ4v) is 3.57. The minimum atomic E-state index is -0.125. The van der Waals surface area contributed by atoms with Crippen LogP contribution in [0.3, 0.4) is 0 Å². The predicted octanol–water partition coefficient (Wildman–Crippen LogP) is 1.66. The topological polar surface area (TPSA) is 59.0 Å². The van der Waals surface area contributed by atoms with Crippen molar-refractivity contribution in [3.8, 4) is 11.5 Å². The van der Waals surface area contributed by atoms with Crippen molar-refractivity contribution in [3.05, 3.63) is 23.8 Å². The summed E-state index contributed by atoms with van der Waals surface area (Å²) in [5.74, 6) is 1.95. The number of benzene rings is 1. The van der Waals surface area contributed by atoms with E-state index in [1.54, 1.807) is 30.9 Å². The van der Waals surface area contributed by atoms with Crippen LogP contribution < -0.4 is 9.47 Å². The molecule has 1 N–H and O–H groups in total. The van der Waals surface area contributed by atoms with Crippen LogP contribution in [0.1, 0.15) is 17.4 Å². The van der Waals surface area contributed by atoms with E-state index in [0.717, 1.165) is 5.56 Å². The molecule has 1 atom stereocenters. The van der Waals surface area contributed by atoms with Crippen LogP contribution in [0, 0.1) is 0 Å². The number of rotatable bonds is 6. The predicted molar refractivity (Wildman–Crippen MR) is 78.2 cm³/mol. The highest BCUT2D eigenvalue weighted by Gasteiger charge is 2.36. The molecule has 1 unspecified atom stereocenters. The van der Waals surface area contributed by atoms with E-state index in [0.29, 0.717) is 30.2 Å². The zero-order valence-electron chi connectivity index (χ0n) is 11.7. The van der Waals surface area contributed by atoms with Gasteiger partial charge in [-0.15, -0.1) is 11.8 Å². The highest BCUT2D eigenvalue weighted by atomic mass is 32.2. The lowest BCUT2D eigenvalue weighted by molar-refractivity contribution is -0.128. The lowest BCUT2D eigenvalue weighted by Gasteiger charge is -2.26. The SMILES string of the molecule is COc1cccc(OC)c1C1SCC(=O)N1CCCO. The van der Waals surface area contributed by atoms with Crippen molar-refractivity contribution in [1.82, 2.24) is 4.90 Å². The number of carbonyl (C=O) groups excluding carboxylic acids is 1. The molecule has 110 valence electrons. The normalized spacial score (nSPS) is 18.4. The van der Waals surface area contributed by atoms with Gasteiger partial charge in [0.25, 0.3) is 0 Å². The molecule has 0 radical (unpaired) electrons. The Balaban J connectivity index is 2.36. The van der Waals surface area contributed by atoms with Gasteiger partial charge in [-0.3, -0.25) is 4.79 Å². The molecule has 0 saturated carbocycles. The maximum atomic E-state index is 12.0. The molecule has 20 heavy (non-hydrogen) atoms. The molecule has 6 heteroatoms. The van der Waals surface area contributed by atoms with Crippen LogP contribution in [0.25, 0.3) is 0 Å². The van der Waals surface area contributed by atoms with E-state index >= 15 is 0 Å². The minimum absolute atomic E-state index is 0.0736. The number of hydrogen-bond donors (Lipinski definition) is 1. The summed E-state index contributed by atoms with van der Waals surface area (Å²) in [6.45, 7) is 0.610. The number of thioether (sulfide) groups is 1. The third-order valence-corrected chi connectivity index (χ3v) is 4.46. The second-order valence-corrected chi connectivity index (χ2v) is 5.47. The largest absolute Gasteiger partial charge is 0.496 e. The van der Waals surface area contributed by atoms with E-state index in [9.17, 15) is 4.79 Å². The van der Waals surface area contributed by atoms with Gasteiger partial charge < -0.3 is 19.5 Å². The fraction of sp³-hybridized carbons (Fsp3) is 0.500. The Kier molecular flexibility index (Phi) is 5.14. The van der Waals surface area contributed by atoms with Crippen LogP contribution in [-0.2, 0) is 4.79 Å². The number of aliphatic hydroxyl groups is 1. The molecule has 0 bridgehead atoms. The number of hydrogen-bond acceptors (Lipinski definition) is 5. The standard InChI is InChI=1S/C14H19NO4S/c1-18-10-5-3-6-11(19-2)13(10)14-15(7-4-8-16)12(17)9-20-14/h3,5-6,14,16H,4,7-9H2,1-2H3. The van der Waals surface area contributed by atoms with Gasteiger partial charge in [-0.05, 0) is 18.6 Å². The van der Waals surface area contributed by atoms with Crippen molar-refractivity contribution < 1.29 is 19.4 Å². The summed E-state index contributed by atoms with van der Waals surface area (Å²) in [5.41, 5.74) is 0.881. The Bertz CT molecular complexity index is 458. The van der Waals surface area contributed by atoms with Crippen molar-refractivity contribution in [2.24, 2.45) is 0 Å². The molecule has 1 aromatic carbocycles. The maximum Gasteiger partial charge on any atom is 0.233 e. The van der Waals surface area contributed by atoms with Crippen LogP contribution in [0.2, 0.25) is 0 Å². The summed E-state index contributed by atoms with van der Waals surface area (Å²) >= 11 is 1.56. The summed E-state index contributed by atoms with van der Waals surface area (Å²) in [6.07, 6.45) is 0.570. The van der Waals surface area contributed by atoms with E-state index in [1.807, 2.05) is 18.2 Å². The number of carbonyl (C=O) groups is 1. The monoisotopic (exact) mass is 297 g/mol. The first-order valence-corrected chi connectivity index (χ1v) is 7.50. The Morgan fingerprint density at radius 1 is 1.35 bits per heavy atom. The first-order chi connectivity index (χ1) is 9.72. The molecular formula is C14H19NO4S. The Morgan fingerprint density at radius 3 is 2.55 bits per heavy atom. The van der Waals surface area contributed by atoms with Gasteiger partial charge in [0.1, 0.15) is 16.9 Å². The van der Waals surface area contributed by atoms with Crippen molar-refractivity contribution in [2.75, 3.05) is 33.1 Å². The van der Waals surface area contributed by atoms with Gasteiger partial charge in [0, 0.05) is 13.2 Å². The fourth-order valence-electron chi connectivity index (χ4n) is 2.30. The van der Waals surface area contributed by atoms with E-state index in [2.05, 4.69) is 0 Å². The van der Waals surface area contributed by atoms with E-state index < -0.39 is 0 Å². The summed E-state index contributed by atoms with van der Waals surface area (Å²) in [7, 11) is 3.22. The molecule has 1 heterocycles. The average Bonchev–Trinajstić information content (AvgIpc) is 2.84. The van der Waals surface area contributed by atoms with Crippen LogP contribution in [0.5, 0.6) is 11.5 Å². The van der Waals surface area contributed by atoms with Gasteiger partial charge in [0.05, 0.1) is 25.5 Å². The molecule has 1 aromatic rings. The van der Waals surface area contributed by atoms with E-state index in [4.69, 9.17) is 14.6 Å². The van der Waals surface area contributed by atoms with Gasteiger partial charge in [-0.25, -0.2) is 0 Å². The number of aliphatic hydroxyl groups excluding tert-OH is 1. The average molecular weight is 297 g/mol. The summed E-state index contributed by atoms with van der Waals surface area (Å²) in [4.78, 5) is 13.8. The molecule has 2 rings (SSSR count). The Labute approximate surface area is 122 Å². The van der Waals surface area contributed by atoms with Crippen LogP contribution in [-0.4, -0.2) is 49.0 Å². The highest BCUT2D eigenvalue weighted by Crippen LogP contribution is 2.46. The van der Waals surface area contributed by atoms with Crippen LogP contribution in [0.15, 0.2) is 18.2 Å². The number of nitrogens with zero attached hydrogens (tertiary/aromatic N) is 1. The lowest BCUT2D eigenvalue weighted by atomic mass is 10.1. The van der Waals surface area contributed by atoms with E-state index in [-0.39, 0.29) is 17.9 Å². The van der Waals surface area contributed by atoms with Crippen LogP contribution in [0.4, 0.5) is 0 Å². The highest BCUT2D eigenvalue weighted by molar-refractivity contribution is 8.00. The molecule has 1 saturated heterocycles. The molecule has 1 fully saturated rings. The van der Waals surface area contributed by atoms with Gasteiger partial charge >= 0.3 is 0 Å². The molecule has 1 amide bonds. The zero-order chi connectivity index (χ0) is 14.5. The second kappa shape index (κ2) is 6.85. The number of amides is 1. The van der Waals surface area contributed by atoms with E-state index in [1.165, 1.54) is 0 Å². The van der Waals surface area contributed by atoms with Crippen molar-refractivity contribution in [1.29, 1.82) is 0 Å². The molecule has 0 spiro atoms. The molecular weight excluding hydrogens is 278 g/mol. The Hall–Kier alpha value is -1.40. The number of methoxy groups -OCH3 is 2. The van der Waals surface area contributed by atoms with Crippen molar-refractivity contribution in [3.63, 3.8) is 0 Å². The van der Waals surface area contributed by atoms with Gasteiger partial charge in [-0.2, -0.15) is 0 Å². The summed E-state index contributed by atoms with van der Waals surface area (Å²) < 4.78 is 10.8. The molecule has 1 aliphatic rings. The van der Waals surface area contributed by atoms with Gasteiger partial charge in [0.2, 0.25) is 5.91 Å². The smallest absolute Gasteiger partial charge is 0.233 e. The molecule has 5 nitrogen and oxygen atoms in total. The van der Waals surface area contributed by atoms with Crippen LogP contribution >= 0.6 is 11.8 Å². The van der Waals surface area contributed by atoms with Gasteiger partial charge in [0.15, 0.2) is 0 Å². The zero-order valence-corrected chi connectivity index (χ0v) is 12.5. The summed E-state index contributed by atoms with van der Waals surface area (Å²) in [6, 6.07) is 5.59. The number of ether oxygens (including phenoxy) is 2. The minimum Gasteiger partial charge on any atom is -0.496 e. The molecule has 0 aliphatic carbocycles. The maximum absolute atomic E-state index is 12.0. The molecule has 0 aromatic heterocycles.